The summed E-state index contributed by atoms with van der Waals surface area (Å²) < 4.78 is 13.2. The number of rotatable bonds is 4. The summed E-state index contributed by atoms with van der Waals surface area (Å²) in [7, 11) is 0. The Labute approximate surface area is 120 Å². The van der Waals surface area contributed by atoms with Crippen molar-refractivity contribution in [2.75, 3.05) is 0 Å². The van der Waals surface area contributed by atoms with Crippen molar-refractivity contribution in [1.29, 1.82) is 0 Å². The third-order valence-corrected chi connectivity index (χ3v) is 4.93. The van der Waals surface area contributed by atoms with E-state index in [1.54, 1.807) is 6.07 Å². The number of halogens is 1. The molecule has 1 aliphatic rings. The van der Waals surface area contributed by atoms with Crippen molar-refractivity contribution in [3.05, 3.63) is 35.1 Å². The molecule has 2 nitrogen and oxygen atoms in total. The SMILES string of the molecule is CCC1CCC(Cc2ccc(F)cc2C)(C(=O)O)CC1. The van der Waals surface area contributed by atoms with Gasteiger partial charge in [-0.05, 0) is 68.2 Å². The molecule has 1 aromatic carbocycles. The number of hydrogen-bond donors (Lipinski definition) is 1. The number of carbonyl (C=O) groups is 1. The molecule has 1 N–H and O–H groups in total. The molecule has 1 saturated carbocycles. The van der Waals surface area contributed by atoms with Crippen molar-refractivity contribution >= 4 is 5.97 Å². The Bertz CT molecular complexity index is 488. The minimum Gasteiger partial charge on any atom is -0.481 e. The molecule has 0 aromatic heterocycles. The van der Waals surface area contributed by atoms with E-state index < -0.39 is 11.4 Å². The lowest BCUT2D eigenvalue weighted by molar-refractivity contribution is -0.151. The summed E-state index contributed by atoms with van der Waals surface area (Å²) in [5.41, 5.74) is 1.15. The molecule has 0 saturated heterocycles. The van der Waals surface area contributed by atoms with Crippen LogP contribution < -0.4 is 0 Å². The van der Waals surface area contributed by atoms with Crippen LogP contribution in [0.15, 0.2) is 18.2 Å². The van der Waals surface area contributed by atoms with Gasteiger partial charge in [0.05, 0.1) is 5.41 Å². The monoisotopic (exact) mass is 278 g/mol. The summed E-state index contributed by atoms with van der Waals surface area (Å²) >= 11 is 0. The molecule has 1 aliphatic carbocycles. The molecule has 0 spiro atoms. The van der Waals surface area contributed by atoms with E-state index in [2.05, 4.69) is 6.92 Å². The van der Waals surface area contributed by atoms with Gasteiger partial charge in [0.2, 0.25) is 0 Å². The first kappa shape index (κ1) is 15.0. The van der Waals surface area contributed by atoms with Gasteiger partial charge in [-0.3, -0.25) is 4.79 Å². The van der Waals surface area contributed by atoms with E-state index in [0.717, 1.165) is 43.2 Å². The molecule has 1 fully saturated rings. The van der Waals surface area contributed by atoms with Crippen LogP contribution in [0.3, 0.4) is 0 Å². The second kappa shape index (κ2) is 5.94. The van der Waals surface area contributed by atoms with Crippen LogP contribution in [0.25, 0.3) is 0 Å². The van der Waals surface area contributed by atoms with Gasteiger partial charge in [0.1, 0.15) is 5.82 Å². The predicted octanol–water partition coefficient (Wildman–Crippen LogP) is 4.35. The second-order valence-corrected chi connectivity index (χ2v) is 6.18. The Morgan fingerprint density at radius 3 is 2.55 bits per heavy atom. The average molecular weight is 278 g/mol. The molecule has 0 unspecified atom stereocenters. The second-order valence-electron chi connectivity index (χ2n) is 6.18. The van der Waals surface area contributed by atoms with E-state index in [1.165, 1.54) is 12.1 Å². The van der Waals surface area contributed by atoms with Crippen LogP contribution in [-0.2, 0) is 11.2 Å². The minimum absolute atomic E-state index is 0.259. The van der Waals surface area contributed by atoms with Crippen molar-refractivity contribution in [2.45, 2.75) is 52.4 Å². The molecule has 110 valence electrons. The maximum atomic E-state index is 13.2. The number of carboxylic acids is 1. The minimum atomic E-state index is -0.698. The molecule has 20 heavy (non-hydrogen) atoms. The van der Waals surface area contributed by atoms with Gasteiger partial charge in [-0.25, -0.2) is 4.39 Å². The molecule has 0 bridgehead atoms. The largest absolute Gasteiger partial charge is 0.481 e. The van der Waals surface area contributed by atoms with Gasteiger partial charge in [-0.1, -0.05) is 19.4 Å². The summed E-state index contributed by atoms with van der Waals surface area (Å²) in [6.45, 7) is 4.02. The van der Waals surface area contributed by atoms with Crippen LogP contribution in [0.5, 0.6) is 0 Å². The predicted molar refractivity (Wildman–Crippen MR) is 77.2 cm³/mol. The summed E-state index contributed by atoms with van der Waals surface area (Å²) in [6, 6.07) is 4.65. The van der Waals surface area contributed by atoms with Crippen molar-refractivity contribution in [3.8, 4) is 0 Å². The van der Waals surface area contributed by atoms with E-state index in [0.29, 0.717) is 12.3 Å². The van der Waals surface area contributed by atoms with E-state index in [9.17, 15) is 14.3 Å². The smallest absolute Gasteiger partial charge is 0.309 e. The highest BCUT2D eigenvalue weighted by atomic mass is 19.1. The molecule has 2 rings (SSSR count). The van der Waals surface area contributed by atoms with E-state index in [-0.39, 0.29) is 5.82 Å². The fraction of sp³-hybridized carbons (Fsp3) is 0.588. The summed E-state index contributed by atoms with van der Waals surface area (Å²) in [4.78, 5) is 11.8. The molecule has 0 amide bonds. The van der Waals surface area contributed by atoms with Gasteiger partial charge in [0.15, 0.2) is 0 Å². The van der Waals surface area contributed by atoms with E-state index in [4.69, 9.17) is 0 Å². The topological polar surface area (TPSA) is 37.3 Å². The molecule has 0 aliphatic heterocycles. The van der Waals surface area contributed by atoms with Gasteiger partial charge < -0.3 is 5.11 Å². The van der Waals surface area contributed by atoms with Crippen molar-refractivity contribution in [1.82, 2.24) is 0 Å². The Hall–Kier alpha value is -1.38. The van der Waals surface area contributed by atoms with Crippen LogP contribution in [0.1, 0.15) is 50.2 Å². The lowest BCUT2D eigenvalue weighted by Crippen LogP contribution is -2.37. The van der Waals surface area contributed by atoms with E-state index in [1.807, 2.05) is 6.92 Å². The highest BCUT2D eigenvalue weighted by Crippen LogP contribution is 2.43. The number of aryl methyl sites for hydroxylation is 1. The first-order chi connectivity index (χ1) is 9.47. The zero-order valence-electron chi connectivity index (χ0n) is 12.3. The molecule has 0 heterocycles. The Balaban J connectivity index is 2.20. The summed E-state index contributed by atoms with van der Waals surface area (Å²) in [5.74, 6) is -0.294. The quantitative estimate of drug-likeness (QED) is 0.889. The van der Waals surface area contributed by atoms with Crippen LogP contribution in [-0.4, -0.2) is 11.1 Å². The maximum Gasteiger partial charge on any atom is 0.309 e. The number of benzene rings is 1. The van der Waals surface area contributed by atoms with Crippen molar-refractivity contribution in [2.24, 2.45) is 11.3 Å². The van der Waals surface area contributed by atoms with Crippen LogP contribution in [0, 0.1) is 24.1 Å². The van der Waals surface area contributed by atoms with E-state index >= 15 is 0 Å². The molecule has 0 radical (unpaired) electrons. The van der Waals surface area contributed by atoms with Gasteiger partial charge in [-0.2, -0.15) is 0 Å². The van der Waals surface area contributed by atoms with Gasteiger partial charge in [0, 0.05) is 0 Å². The molecular formula is C17H23FO2. The van der Waals surface area contributed by atoms with Gasteiger partial charge in [-0.15, -0.1) is 0 Å². The summed E-state index contributed by atoms with van der Waals surface area (Å²) in [5, 5.41) is 9.68. The zero-order valence-corrected chi connectivity index (χ0v) is 12.3. The third-order valence-electron chi connectivity index (χ3n) is 4.93. The summed E-state index contributed by atoms with van der Waals surface area (Å²) in [6.07, 6.45) is 5.09. The Morgan fingerprint density at radius 2 is 2.05 bits per heavy atom. The molecule has 0 atom stereocenters. The van der Waals surface area contributed by atoms with Crippen LogP contribution >= 0.6 is 0 Å². The maximum absolute atomic E-state index is 13.2. The molecule has 1 aromatic rings. The highest BCUT2D eigenvalue weighted by Gasteiger charge is 2.41. The normalized spacial score (nSPS) is 26.4. The fourth-order valence-electron chi connectivity index (χ4n) is 3.33. The average Bonchev–Trinajstić information content (AvgIpc) is 2.42. The number of hydrogen-bond acceptors (Lipinski definition) is 1. The first-order valence-corrected chi connectivity index (χ1v) is 7.45. The lowest BCUT2D eigenvalue weighted by atomic mass is 9.66. The van der Waals surface area contributed by atoms with Gasteiger partial charge in [0.25, 0.3) is 0 Å². The van der Waals surface area contributed by atoms with Crippen molar-refractivity contribution in [3.63, 3.8) is 0 Å². The van der Waals surface area contributed by atoms with Crippen LogP contribution in [0.4, 0.5) is 4.39 Å². The third kappa shape index (κ3) is 3.02. The Morgan fingerprint density at radius 1 is 1.40 bits per heavy atom. The zero-order chi connectivity index (χ0) is 14.8. The fourth-order valence-corrected chi connectivity index (χ4v) is 3.33. The first-order valence-electron chi connectivity index (χ1n) is 7.45. The highest BCUT2D eigenvalue weighted by molar-refractivity contribution is 5.75. The van der Waals surface area contributed by atoms with Gasteiger partial charge >= 0.3 is 5.97 Å². The molecular weight excluding hydrogens is 255 g/mol. The van der Waals surface area contributed by atoms with Crippen LogP contribution in [0.2, 0.25) is 0 Å². The Kier molecular flexibility index (Phi) is 4.46. The molecule has 3 heteroatoms. The standard InChI is InChI=1S/C17H23FO2/c1-3-13-6-8-17(9-7-13,16(19)20)11-14-4-5-15(18)10-12(14)2/h4-5,10,13H,3,6-9,11H2,1-2H3,(H,19,20). The van der Waals surface area contributed by atoms with Crippen molar-refractivity contribution < 1.29 is 14.3 Å². The number of aliphatic carboxylic acids is 1. The lowest BCUT2D eigenvalue weighted by Gasteiger charge is -2.37. The number of carboxylic acid groups (broad SMARTS) is 1.